The first-order chi connectivity index (χ1) is 15.3. The van der Waals surface area contributed by atoms with Crippen molar-refractivity contribution in [2.45, 2.75) is 11.3 Å². The van der Waals surface area contributed by atoms with Gasteiger partial charge < -0.3 is 10.1 Å². The quantitative estimate of drug-likeness (QED) is 0.204. The number of carbonyl (C=O) groups is 2. The molecule has 0 aliphatic rings. The first-order valence-electron chi connectivity index (χ1n) is 8.93. The number of anilines is 2. The van der Waals surface area contributed by atoms with Crippen molar-refractivity contribution in [2.24, 2.45) is 0 Å². The SMILES string of the molecule is COc1ccc(Cl)cc1NC(=O)CSc1nnc(NC(=O)c2ccc(C)c([N+](=O)[O-])c2)s1. The Morgan fingerprint density at radius 1 is 1.22 bits per heavy atom. The van der Waals surface area contributed by atoms with Crippen molar-refractivity contribution in [3.8, 4) is 5.75 Å². The lowest BCUT2D eigenvalue weighted by molar-refractivity contribution is -0.385. The monoisotopic (exact) mass is 493 g/mol. The van der Waals surface area contributed by atoms with Crippen LogP contribution in [0.25, 0.3) is 0 Å². The number of nitrogens with zero attached hydrogens (tertiary/aromatic N) is 3. The minimum absolute atomic E-state index is 0.0441. The van der Waals surface area contributed by atoms with Crippen molar-refractivity contribution in [3.05, 3.63) is 62.7 Å². The number of halogens is 1. The van der Waals surface area contributed by atoms with E-state index in [9.17, 15) is 19.7 Å². The van der Waals surface area contributed by atoms with E-state index in [2.05, 4.69) is 20.8 Å². The van der Waals surface area contributed by atoms with Crippen molar-refractivity contribution in [1.29, 1.82) is 0 Å². The number of hydrogen-bond acceptors (Lipinski definition) is 9. The summed E-state index contributed by atoms with van der Waals surface area (Å²) >= 11 is 8.17. The van der Waals surface area contributed by atoms with Crippen molar-refractivity contribution >= 4 is 63.0 Å². The highest BCUT2D eigenvalue weighted by Crippen LogP contribution is 2.29. The molecule has 3 aromatic rings. The highest BCUT2D eigenvalue weighted by atomic mass is 35.5. The molecular weight excluding hydrogens is 478 g/mol. The Kier molecular flexibility index (Phi) is 7.62. The van der Waals surface area contributed by atoms with Gasteiger partial charge in [-0.25, -0.2) is 0 Å². The summed E-state index contributed by atoms with van der Waals surface area (Å²) < 4.78 is 5.65. The van der Waals surface area contributed by atoms with Crippen molar-refractivity contribution in [1.82, 2.24) is 10.2 Å². The molecule has 0 atom stereocenters. The molecule has 1 heterocycles. The van der Waals surface area contributed by atoms with Crippen LogP contribution in [0.3, 0.4) is 0 Å². The lowest BCUT2D eigenvalue weighted by Gasteiger charge is -2.09. The molecule has 32 heavy (non-hydrogen) atoms. The largest absolute Gasteiger partial charge is 0.495 e. The van der Waals surface area contributed by atoms with Gasteiger partial charge in [0, 0.05) is 22.2 Å². The molecule has 2 amide bonds. The van der Waals surface area contributed by atoms with Gasteiger partial charge in [-0.3, -0.25) is 25.0 Å². The molecule has 2 N–H and O–H groups in total. The van der Waals surface area contributed by atoms with Gasteiger partial charge in [-0.1, -0.05) is 40.8 Å². The van der Waals surface area contributed by atoms with Gasteiger partial charge in [0.2, 0.25) is 11.0 Å². The third-order valence-electron chi connectivity index (χ3n) is 4.06. The Morgan fingerprint density at radius 3 is 2.72 bits per heavy atom. The summed E-state index contributed by atoms with van der Waals surface area (Å²) in [6, 6.07) is 9.07. The molecule has 0 fully saturated rings. The molecule has 13 heteroatoms. The first kappa shape index (κ1) is 23.4. The number of amides is 2. The van der Waals surface area contributed by atoms with E-state index >= 15 is 0 Å². The third-order valence-corrected chi connectivity index (χ3v) is 6.26. The van der Waals surface area contributed by atoms with Crippen LogP contribution in [0.5, 0.6) is 5.75 Å². The van der Waals surface area contributed by atoms with E-state index in [1.165, 1.54) is 25.3 Å². The molecule has 0 unspecified atom stereocenters. The second-order valence-electron chi connectivity index (χ2n) is 6.27. The Bertz CT molecular complexity index is 1190. The van der Waals surface area contributed by atoms with Crippen LogP contribution in [0, 0.1) is 17.0 Å². The Hall–Kier alpha value is -3.22. The van der Waals surface area contributed by atoms with E-state index in [0.717, 1.165) is 23.1 Å². The minimum atomic E-state index is -0.549. The third kappa shape index (κ3) is 5.93. The fourth-order valence-electron chi connectivity index (χ4n) is 2.53. The van der Waals surface area contributed by atoms with E-state index in [1.54, 1.807) is 25.1 Å². The molecule has 1 aromatic heterocycles. The van der Waals surface area contributed by atoms with Crippen molar-refractivity contribution in [2.75, 3.05) is 23.5 Å². The molecular formula is C19H16ClN5O5S2. The average Bonchev–Trinajstić information content (AvgIpc) is 3.19. The fraction of sp³-hybridized carbons (Fsp3) is 0.158. The van der Waals surface area contributed by atoms with E-state index in [1.807, 2.05) is 0 Å². The zero-order valence-corrected chi connectivity index (χ0v) is 19.1. The topological polar surface area (TPSA) is 136 Å². The van der Waals surface area contributed by atoms with Crippen LogP contribution in [0.4, 0.5) is 16.5 Å². The van der Waals surface area contributed by atoms with E-state index < -0.39 is 10.8 Å². The lowest BCUT2D eigenvalue weighted by Crippen LogP contribution is -2.14. The number of benzene rings is 2. The molecule has 3 rings (SSSR count). The van der Waals surface area contributed by atoms with Crippen LogP contribution < -0.4 is 15.4 Å². The second kappa shape index (κ2) is 10.4. The Morgan fingerprint density at radius 2 is 2.00 bits per heavy atom. The predicted molar refractivity (Wildman–Crippen MR) is 123 cm³/mol. The molecule has 0 bridgehead atoms. The molecule has 10 nitrogen and oxygen atoms in total. The molecule has 2 aromatic carbocycles. The van der Waals surface area contributed by atoms with Gasteiger partial charge in [-0.05, 0) is 31.2 Å². The highest BCUT2D eigenvalue weighted by molar-refractivity contribution is 8.01. The Labute approximate surface area is 195 Å². The summed E-state index contributed by atoms with van der Waals surface area (Å²) in [6.45, 7) is 1.59. The lowest BCUT2D eigenvalue weighted by atomic mass is 10.1. The van der Waals surface area contributed by atoms with Crippen LogP contribution >= 0.6 is 34.7 Å². The van der Waals surface area contributed by atoms with Gasteiger partial charge in [0.25, 0.3) is 11.6 Å². The van der Waals surface area contributed by atoms with Crippen molar-refractivity contribution in [3.63, 3.8) is 0 Å². The van der Waals surface area contributed by atoms with Crippen LogP contribution in [0.1, 0.15) is 15.9 Å². The number of nitrogens with one attached hydrogen (secondary N) is 2. The number of ether oxygens (including phenoxy) is 1. The number of rotatable bonds is 8. The van der Waals surface area contributed by atoms with Gasteiger partial charge in [-0.2, -0.15) is 0 Å². The van der Waals surface area contributed by atoms with Crippen LogP contribution in [0.2, 0.25) is 5.02 Å². The maximum atomic E-state index is 12.4. The first-order valence-corrected chi connectivity index (χ1v) is 11.1. The molecule has 0 saturated carbocycles. The van der Waals surface area contributed by atoms with Crippen LogP contribution in [-0.4, -0.2) is 39.8 Å². The van der Waals surface area contributed by atoms with Crippen LogP contribution in [-0.2, 0) is 4.79 Å². The summed E-state index contributed by atoms with van der Waals surface area (Å²) in [7, 11) is 1.49. The number of aromatic nitrogens is 2. The summed E-state index contributed by atoms with van der Waals surface area (Å²) in [5.41, 5.74) is 0.882. The van der Waals surface area contributed by atoms with E-state index in [-0.39, 0.29) is 28.0 Å². The van der Waals surface area contributed by atoms with Gasteiger partial charge in [0.05, 0.1) is 23.5 Å². The van der Waals surface area contributed by atoms with Crippen LogP contribution in [0.15, 0.2) is 40.7 Å². The van der Waals surface area contributed by atoms with Gasteiger partial charge in [0.1, 0.15) is 5.75 Å². The average molecular weight is 494 g/mol. The number of carbonyl (C=O) groups excluding carboxylic acids is 2. The summed E-state index contributed by atoms with van der Waals surface area (Å²) in [5.74, 6) is -0.331. The second-order valence-corrected chi connectivity index (χ2v) is 8.90. The number of nitro groups is 1. The number of thioether (sulfide) groups is 1. The molecule has 166 valence electrons. The van der Waals surface area contributed by atoms with Gasteiger partial charge in [0.15, 0.2) is 4.34 Å². The van der Waals surface area contributed by atoms with Gasteiger partial charge >= 0.3 is 0 Å². The Balaban J connectivity index is 1.58. The maximum Gasteiger partial charge on any atom is 0.273 e. The molecule has 0 aliphatic carbocycles. The zero-order chi connectivity index (χ0) is 23.3. The fourth-order valence-corrected chi connectivity index (χ4v) is 4.25. The normalized spacial score (nSPS) is 10.5. The molecule has 0 radical (unpaired) electrons. The van der Waals surface area contributed by atoms with E-state index in [4.69, 9.17) is 16.3 Å². The molecule has 0 saturated heterocycles. The maximum absolute atomic E-state index is 12.4. The zero-order valence-electron chi connectivity index (χ0n) is 16.7. The number of aryl methyl sites for hydroxylation is 1. The predicted octanol–water partition coefficient (Wildman–Crippen LogP) is 4.40. The van der Waals surface area contributed by atoms with Crippen molar-refractivity contribution < 1.29 is 19.2 Å². The van der Waals surface area contributed by atoms with Gasteiger partial charge in [-0.15, -0.1) is 10.2 Å². The standard InChI is InChI=1S/C19H16ClN5O5S2/c1-10-3-4-11(7-14(10)25(28)29)17(27)22-18-23-24-19(32-18)31-9-16(26)21-13-8-12(20)5-6-15(13)30-2/h3-8H,9H2,1-2H3,(H,21,26)(H,22,23,27). The number of methoxy groups -OCH3 is 1. The summed E-state index contributed by atoms with van der Waals surface area (Å²) in [4.78, 5) is 35.1. The summed E-state index contributed by atoms with van der Waals surface area (Å²) in [5, 5.41) is 24.8. The molecule has 0 spiro atoms. The minimum Gasteiger partial charge on any atom is -0.495 e. The number of nitro benzene ring substituents is 1. The van der Waals surface area contributed by atoms with E-state index in [0.29, 0.717) is 26.4 Å². The molecule has 0 aliphatic heterocycles. The smallest absolute Gasteiger partial charge is 0.273 e. The summed E-state index contributed by atoms with van der Waals surface area (Å²) in [6.07, 6.45) is 0. The number of hydrogen-bond donors (Lipinski definition) is 2. The highest BCUT2D eigenvalue weighted by Gasteiger charge is 2.17.